The molecule has 1 aliphatic rings. The van der Waals surface area contributed by atoms with Gasteiger partial charge in [-0.1, -0.05) is 11.2 Å². The average Bonchev–Trinajstić information content (AvgIpc) is 3.33. The summed E-state index contributed by atoms with van der Waals surface area (Å²) in [6.07, 6.45) is 0.762. The lowest BCUT2D eigenvalue weighted by Gasteiger charge is -2.14. The SMILES string of the molecule is O=C(c1ccc(=O)[nH]n1)N1CC[C@H](c2noc(-c3cccs3)n2)C1. The Morgan fingerprint density at radius 1 is 1.38 bits per heavy atom. The van der Waals surface area contributed by atoms with E-state index >= 15 is 0 Å². The second kappa shape index (κ2) is 6.00. The lowest BCUT2D eigenvalue weighted by molar-refractivity contribution is 0.0783. The number of hydrogen-bond acceptors (Lipinski definition) is 7. The molecule has 4 rings (SSSR count). The van der Waals surface area contributed by atoms with Crippen LogP contribution in [-0.2, 0) is 0 Å². The fraction of sp³-hybridized carbons (Fsp3) is 0.267. The molecule has 4 heterocycles. The van der Waals surface area contributed by atoms with Crippen molar-refractivity contribution in [2.75, 3.05) is 13.1 Å². The number of rotatable bonds is 3. The molecule has 0 unspecified atom stereocenters. The van der Waals surface area contributed by atoms with Gasteiger partial charge in [-0.25, -0.2) is 5.10 Å². The third-order valence-electron chi connectivity index (χ3n) is 3.91. The summed E-state index contributed by atoms with van der Waals surface area (Å²) in [4.78, 5) is 30.5. The van der Waals surface area contributed by atoms with Crippen molar-refractivity contribution >= 4 is 17.2 Å². The summed E-state index contributed by atoms with van der Waals surface area (Å²) in [6.45, 7) is 1.09. The first-order valence-corrected chi connectivity index (χ1v) is 8.31. The lowest BCUT2D eigenvalue weighted by Crippen LogP contribution is -2.30. The molecule has 1 aliphatic heterocycles. The lowest BCUT2D eigenvalue weighted by atomic mass is 10.1. The highest BCUT2D eigenvalue weighted by atomic mass is 32.1. The molecule has 122 valence electrons. The van der Waals surface area contributed by atoms with Crippen LogP contribution >= 0.6 is 11.3 Å². The summed E-state index contributed by atoms with van der Waals surface area (Å²) in [6, 6.07) is 6.57. The Bertz CT molecular complexity index is 897. The van der Waals surface area contributed by atoms with Crippen LogP contribution in [-0.4, -0.2) is 44.2 Å². The molecule has 1 N–H and O–H groups in total. The highest BCUT2D eigenvalue weighted by molar-refractivity contribution is 7.13. The van der Waals surface area contributed by atoms with Crippen molar-refractivity contribution in [3.8, 4) is 10.8 Å². The van der Waals surface area contributed by atoms with E-state index in [1.54, 1.807) is 4.90 Å². The summed E-state index contributed by atoms with van der Waals surface area (Å²) >= 11 is 1.54. The zero-order valence-corrected chi connectivity index (χ0v) is 13.3. The van der Waals surface area contributed by atoms with Crippen molar-refractivity contribution in [3.63, 3.8) is 0 Å². The van der Waals surface area contributed by atoms with E-state index in [2.05, 4.69) is 20.3 Å². The minimum atomic E-state index is -0.334. The van der Waals surface area contributed by atoms with Gasteiger partial charge >= 0.3 is 0 Å². The topological polar surface area (TPSA) is 105 Å². The van der Waals surface area contributed by atoms with E-state index in [0.717, 1.165) is 11.3 Å². The van der Waals surface area contributed by atoms with E-state index in [4.69, 9.17) is 4.52 Å². The fourth-order valence-corrected chi connectivity index (χ4v) is 3.33. The van der Waals surface area contributed by atoms with E-state index in [0.29, 0.717) is 24.8 Å². The summed E-state index contributed by atoms with van der Waals surface area (Å²) < 4.78 is 5.31. The number of thiophene rings is 1. The normalized spacial score (nSPS) is 17.3. The fourth-order valence-electron chi connectivity index (χ4n) is 2.68. The van der Waals surface area contributed by atoms with Crippen LogP contribution in [0.5, 0.6) is 0 Å². The third-order valence-corrected chi connectivity index (χ3v) is 4.77. The van der Waals surface area contributed by atoms with E-state index < -0.39 is 0 Å². The molecule has 8 nitrogen and oxygen atoms in total. The van der Waals surface area contributed by atoms with Gasteiger partial charge < -0.3 is 9.42 Å². The van der Waals surface area contributed by atoms with Crippen molar-refractivity contribution in [2.45, 2.75) is 12.3 Å². The predicted octanol–water partition coefficient (Wildman–Crippen LogP) is 1.51. The highest BCUT2D eigenvalue weighted by Gasteiger charge is 2.31. The van der Waals surface area contributed by atoms with Gasteiger partial charge in [-0.05, 0) is 23.9 Å². The number of carbonyl (C=O) groups is 1. The summed E-state index contributed by atoms with van der Waals surface area (Å²) in [5.74, 6) is 0.945. The monoisotopic (exact) mass is 343 g/mol. The number of nitrogens with zero attached hydrogens (tertiary/aromatic N) is 4. The molecular weight excluding hydrogens is 330 g/mol. The van der Waals surface area contributed by atoms with Crippen LogP contribution in [0.15, 0.2) is 39.0 Å². The number of aromatic nitrogens is 4. The molecule has 0 radical (unpaired) electrons. The van der Waals surface area contributed by atoms with Gasteiger partial charge in [0.15, 0.2) is 5.82 Å². The molecule has 3 aromatic rings. The molecule has 1 atom stereocenters. The Morgan fingerprint density at radius 3 is 3.04 bits per heavy atom. The van der Waals surface area contributed by atoms with Crippen LogP contribution in [0.2, 0.25) is 0 Å². The quantitative estimate of drug-likeness (QED) is 0.773. The third kappa shape index (κ3) is 2.73. The van der Waals surface area contributed by atoms with E-state index in [9.17, 15) is 9.59 Å². The molecule has 9 heteroatoms. The van der Waals surface area contributed by atoms with Crippen molar-refractivity contribution in [1.29, 1.82) is 0 Å². The van der Waals surface area contributed by atoms with Crippen LogP contribution in [0.4, 0.5) is 0 Å². The Kier molecular flexibility index (Phi) is 3.69. The van der Waals surface area contributed by atoms with Crippen LogP contribution in [0.1, 0.15) is 28.7 Å². The number of nitrogens with one attached hydrogen (secondary N) is 1. The summed E-state index contributed by atoms with van der Waals surface area (Å²) in [5, 5.41) is 12.1. The van der Waals surface area contributed by atoms with E-state index in [1.165, 1.54) is 23.5 Å². The van der Waals surface area contributed by atoms with Gasteiger partial charge in [0.25, 0.3) is 17.4 Å². The molecular formula is C15H13N5O3S. The van der Waals surface area contributed by atoms with Crippen molar-refractivity contribution in [3.05, 3.63) is 51.5 Å². The molecule has 3 aromatic heterocycles. The molecule has 0 aliphatic carbocycles. The Labute approximate surface area is 140 Å². The number of hydrogen-bond donors (Lipinski definition) is 1. The number of H-pyrrole nitrogens is 1. The maximum Gasteiger partial charge on any atom is 0.274 e. The molecule has 0 bridgehead atoms. The highest BCUT2D eigenvalue weighted by Crippen LogP contribution is 2.29. The maximum absolute atomic E-state index is 12.4. The van der Waals surface area contributed by atoms with Gasteiger partial charge in [-0.2, -0.15) is 10.1 Å². The number of carbonyl (C=O) groups excluding carboxylic acids is 1. The first-order chi connectivity index (χ1) is 11.7. The minimum absolute atomic E-state index is 0.0363. The second-order valence-electron chi connectivity index (χ2n) is 5.48. The summed E-state index contributed by atoms with van der Waals surface area (Å²) in [5.41, 5.74) is -0.110. The standard InChI is InChI=1S/C15H13N5O3S/c21-12-4-3-10(17-18-12)15(22)20-6-5-9(8-20)13-16-14(23-19-13)11-2-1-7-24-11/h1-4,7,9H,5-6,8H2,(H,18,21)/t9-/m0/s1. The van der Waals surface area contributed by atoms with Gasteiger partial charge in [0.2, 0.25) is 0 Å². The predicted molar refractivity (Wildman–Crippen MR) is 85.7 cm³/mol. The van der Waals surface area contributed by atoms with Gasteiger partial charge in [0.05, 0.1) is 4.88 Å². The van der Waals surface area contributed by atoms with E-state index in [1.807, 2.05) is 17.5 Å². The van der Waals surface area contributed by atoms with Crippen LogP contribution < -0.4 is 5.56 Å². The van der Waals surface area contributed by atoms with E-state index in [-0.39, 0.29) is 23.1 Å². The molecule has 24 heavy (non-hydrogen) atoms. The number of likely N-dealkylation sites (tertiary alicyclic amines) is 1. The molecule has 0 spiro atoms. The van der Waals surface area contributed by atoms with Crippen LogP contribution in [0.25, 0.3) is 10.8 Å². The Hall–Kier alpha value is -2.81. The van der Waals surface area contributed by atoms with Crippen molar-refractivity contribution < 1.29 is 9.32 Å². The smallest absolute Gasteiger partial charge is 0.274 e. The molecule has 1 saturated heterocycles. The first kappa shape index (κ1) is 14.8. The van der Waals surface area contributed by atoms with Gasteiger partial charge in [0.1, 0.15) is 5.69 Å². The Balaban J connectivity index is 1.47. The summed E-state index contributed by atoms with van der Waals surface area (Å²) in [7, 11) is 0. The number of amides is 1. The largest absolute Gasteiger partial charge is 0.336 e. The van der Waals surface area contributed by atoms with Crippen molar-refractivity contribution in [2.24, 2.45) is 0 Å². The molecule has 1 fully saturated rings. The van der Waals surface area contributed by atoms with Gasteiger partial charge in [-0.15, -0.1) is 11.3 Å². The second-order valence-corrected chi connectivity index (χ2v) is 6.43. The van der Waals surface area contributed by atoms with Crippen LogP contribution in [0, 0.1) is 0 Å². The van der Waals surface area contributed by atoms with Gasteiger partial charge in [0, 0.05) is 25.1 Å². The van der Waals surface area contributed by atoms with Crippen molar-refractivity contribution in [1.82, 2.24) is 25.2 Å². The maximum atomic E-state index is 12.4. The molecule has 0 saturated carbocycles. The minimum Gasteiger partial charge on any atom is -0.336 e. The average molecular weight is 343 g/mol. The molecule has 1 amide bonds. The van der Waals surface area contributed by atoms with Crippen LogP contribution in [0.3, 0.4) is 0 Å². The van der Waals surface area contributed by atoms with Gasteiger partial charge in [-0.3, -0.25) is 9.59 Å². The Morgan fingerprint density at radius 2 is 2.29 bits per heavy atom. The number of aromatic amines is 1. The first-order valence-electron chi connectivity index (χ1n) is 7.43. The molecule has 0 aromatic carbocycles. The zero-order chi connectivity index (χ0) is 16.5. The zero-order valence-electron chi connectivity index (χ0n) is 12.5.